The van der Waals surface area contributed by atoms with Crippen LogP contribution >= 0.6 is 22.9 Å². The van der Waals surface area contributed by atoms with Crippen molar-refractivity contribution in [2.24, 2.45) is 0 Å². The van der Waals surface area contributed by atoms with E-state index in [1.54, 1.807) is 12.1 Å². The molecule has 2 aromatic rings. The number of hydrogen-bond donors (Lipinski definition) is 1. The fourth-order valence-corrected chi connectivity index (χ4v) is 3.14. The number of thiophene rings is 1. The van der Waals surface area contributed by atoms with E-state index < -0.39 is 0 Å². The Balaban J connectivity index is 2.17. The lowest BCUT2D eigenvalue weighted by Crippen LogP contribution is -2.34. The Morgan fingerprint density at radius 2 is 2.26 bits per heavy atom. The normalized spacial score (nSPS) is 12.6. The molecule has 0 saturated heterocycles. The van der Waals surface area contributed by atoms with Gasteiger partial charge in [0.2, 0.25) is 0 Å². The van der Waals surface area contributed by atoms with E-state index in [2.05, 4.69) is 5.32 Å². The van der Waals surface area contributed by atoms with Gasteiger partial charge in [0, 0.05) is 16.6 Å². The zero-order chi connectivity index (χ0) is 13.8. The highest BCUT2D eigenvalue weighted by molar-refractivity contribution is 7.20. The Kier molecular flexibility index (Phi) is 4.77. The summed E-state index contributed by atoms with van der Waals surface area (Å²) >= 11 is 7.00. The molecule has 1 unspecified atom stereocenters. The highest BCUT2D eigenvalue weighted by atomic mass is 35.5. The second-order valence-electron chi connectivity index (χ2n) is 4.35. The summed E-state index contributed by atoms with van der Waals surface area (Å²) in [6, 6.07) is 6.43. The van der Waals surface area contributed by atoms with Gasteiger partial charge in [0.15, 0.2) is 0 Å². The quantitative estimate of drug-likeness (QED) is 0.825. The smallest absolute Gasteiger partial charge is 0.261 e. The first-order valence-corrected chi connectivity index (χ1v) is 7.55. The maximum atomic E-state index is 13.1. The molecule has 1 N–H and O–H groups in total. The van der Waals surface area contributed by atoms with Crippen LogP contribution in [0.2, 0.25) is 0 Å². The summed E-state index contributed by atoms with van der Waals surface area (Å²) in [5.41, 5.74) is 0. The van der Waals surface area contributed by atoms with E-state index in [9.17, 15) is 9.18 Å². The van der Waals surface area contributed by atoms with Gasteiger partial charge in [-0.25, -0.2) is 4.39 Å². The zero-order valence-electron chi connectivity index (χ0n) is 10.6. The molecule has 1 heterocycles. The Morgan fingerprint density at radius 1 is 1.47 bits per heavy atom. The van der Waals surface area contributed by atoms with Crippen molar-refractivity contribution in [1.29, 1.82) is 0 Å². The zero-order valence-corrected chi connectivity index (χ0v) is 12.2. The molecule has 0 aliphatic heterocycles. The monoisotopic (exact) mass is 299 g/mol. The van der Waals surface area contributed by atoms with Crippen LogP contribution in [0, 0.1) is 5.82 Å². The van der Waals surface area contributed by atoms with E-state index in [-0.39, 0.29) is 17.8 Å². The van der Waals surface area contributed by atoms with Gasteiger partial charge in [0.25, 0.3) is 5.91 Å². The standard InChI is InChI=1S/C14H15ClFNOS/c1-2-11(5-6-15)17-14(18)13-7-9-3-4-10(16)8-12(9)19-13/h3-4,7-8,11H,2,5-6H2,1H3,(H,17,18). The number of hydrogen-bond acceptors (Lipinski definition) is 2. The second-order valence-corrected chi connectivity index (χ2v) is 5.81. The molecule has 19 heavy (non-hydrogen) atoms. The van der Waals surface area contributed by atoms with Crippen molar-refractivity contribution in [3.63, 3.8) is 0 Å². The minimum absolute atomic E-state index is 0.0898. The van der Waals surface area contributed by atoms with Gasteiger partial charge in [-0.15, -0.1) is 22.9 Å². The Morgan fingerprint density at radius 3 is 2.95 bits per heavy atom. The number of halogens is 2. The topological polar surface area (TPSA) is 29.1 Å². The van der Waals surface area contributed by atoms with E-state index in [1.807, 2.05) is 6.92 Å². The summed E-state index contributed by atoms with van der Waals surface area (Å²) in [4.78, 5) is 12.7. The van der Waals surface area contributed by atoms with E-state index >= 15 is 0 Å². The van der Waals surface area contributed by atoms with E-state index in [4.69, 9.17) is 11.6 Å². The number of nitrogens with one attached hydrogen (secondary N) is 1. The van der Waals surface area contributed by atoms with Crippen LogP contribution in [0.25, 0.3) is 10.1 Å². The molecule has 1 aromatic heterocycles. The fourth-order valence-electron chi connectivity index (χ4n) is 1.88. The van der Waals surface area contributed by atoms with Gasteiger partial charge in [0.1, 0.15) is 5.82 Å². The van der Waals surface area contributed by atoms with E-state index in [0.29, 0.717) is 10.8 Å². The maximum absolute atomic E-state index is 13.1. The predicted octanol–water partition coefficient (Wildman–Crippen LogP) is 4.18. The lowest BCUT2D eigenvalue weighted by molar-refractivity contribution is 0.0939. The van der Waals surface area contributed by atoms with Crippen LogP contribution in [0.3, 0.4) is 0 Å². The largest absolute Gasteiger partial charge is 0.349 e. The van der Waals surface area contributed by atoms with Crippen molar-refractivity contribution in [1.82, 2.24) is 5.32 Å². The molecule has 5 heteroatoms. The number of benzene rings is 1. The average molecular weight is 300 g/mol. The summed E-state index contributed by atoms with van der Waals surface area (Å²) in [5, 5.41) is 3.84. The fraction of sp³-hybridized carbons (Fsp3) is 0.357. The van der Waals surface area contributed by atoms with Crippen LogP contribution in [0.4, 0.5) is 4.39 Å². The lowest BCUT2D eigenvalue weighted by Gasteiger charge is -2.14. The van der Waals surface area contributed by atoms with Crippen LogP contribution in [-0.4, -0.2) is 17.8 Å². The molecule has 1 amide bonds. The third-order valence-corrected chi connectivity index (χ3v) is 4.31. The Hall–Kier alpha value is -1.13. The molecule has 0 radical (unpaired) electrons. The van der Waals surface area contributed by atoms with Gasteiger partial charge < -0.3 is 5.32 Å². The average Bonchev–Trinajstić information content (AvgIpc) is 2.81. The van der Waals surface area contributed by atoms with Crippen LogP contribution in [-0.2, 0) is 0 Å². The van der Waals surface area contributed by atoms with Crippen LogP contribution in [0.15, 0.2) is 24.3 Å². The third kappa shape index (κ3) is 3.45. The number of amides is 1. The maximum Gasteiger partial charge on any atom is 0.261 e. The van der Waals surface area contributed by atoms with Crippen LogP contribution < -0.4 is 5.32 Å². The third-order valence-electron chi connectivity index (χ3n) is 2.99. The molecule has 0 fully saturated rings. The number of rotatable bonds is 5. The number of carbonyl (C=O) groups excluding carboxylic acids is 1. The number of carbonyl (C=O) groups is 1. The van der Waals surface area contributed by atoms with Crippen LogP contribution in [0.5, 0.6) is 0 Å². The molecule has 0 spiro atoms. The van der Waals surface area contributed by atoms with Gasteiger partial charge >= 0.3 is 0 Å². The van der Waals surface area contributed by atoms with E-state index in [1.165, 1.54) is 23.5 Å². The molecule has 0 bridgehead atoms. The second kappa shape index (κ2) is 6.35. The summed E-state index contributed by atoms with van der Waals surface area (Å²) in [6.07, 6.45) is 1.60. The first-order chi connectivity index (χ1) is 9.13. The molecule has 2 nitrogen and oxygen atoms in total. The van der Waals surface area contributed by atoms with Crippen LogP contribution in [0.1, 0.15) is 29.4 Å². The van der Waals surface area contributed by atoms with Crippen molar-refractivity contribution in [3.8, 4) is 0 Å². The van der Waals surface area contributed by atoms with Gasteiger partial charge in [-0.3, -0.25) is 4.79 Å². The molecular formula is C14H15ClFNOS. The lowest BCUT2D eigenvalue weighted by atomic mass is 10.1. The molecule has 0 aliphatic carbocycles. The van der Waals surface area contributed by atoms with E-state index in [0.717, 1.165) is 22.9 Å². The summed E-state index contributed by atoms with van der Waals surface area (Å²) in [7, 11) is 0. The number of fused-ring (bicyclic) bond motifs is 1. The van der Waals surface area contributed by atoms with Crippen molar-refractivity contribution in [3.05, 3.63) is 35.0 Å². The summed E-state index contributed by atoms with van der Waals surface area (Å²) in [6.45, 7) is 2.01. The molecular weight excluding hydrogens is 285 g/mol. The summed E-state index contributed by atoms with van der Waals surface area (Å²) < 4.78 is 13.9. The van der Waals surface area contributed by atoms with Gasteiger partial charge in [-0.2, -0.15) is 0 Å². The SMILES string of the molecule is CCC(CCCl)NC(=O)c1cc2ccc(F)cc2s1. The van der Waals surface area contributed by atoms with Crippen molar-refractivity contribution < 1.29 is 9.18 Å². The minimum atomic E-state index is -0.283. The summed E-state index contributed by atoms with van der Waals surface area (Å²) in [5.74, 6) is 0.129. The number of alkyl halides is 1. The van der Waals surface area contributed by atoms with Gasteiger partial charge in [-0.1, -0.05) is 13.0 Å². The predicted molar refractivity (Wildman–Crippen MR) is 78.7 cm³/mol. The molecule has 1 atom stereocenters. The van der Waals surface area contributed by atoms with Gasteiger partial charge in [0.05, 0.1) is 4.88 Å². The van der Waals surface area contributed by atoms with Gasteiger partial charge in [-0.05, 0) is 36.4 Å². The molecule has 102 valence electrons. The Labute approximate surface area is 120 Å². The first-order valence-electron chi connectivity index (χ1n) is 6.20. The highest BCUT2D eigenvalue weighted by Crippen LogP contribution is 2.26. The minimum Gasteiger partial charge on any atom is -0.349 e. The molecule has 0 aliphatic rings. The van der Waals surface area contributed by atoms with Crippen molar-refractivity contribution in [2.75, 3.05) is 5.88 Å². The van der Waals surface area contributed by atoms with Crippen molar-refractivity contribution in [2.45, 2.75) is 25.8 Å². The molecule has 2 rings (SSSR count). The molecule has 0 saturated carbocycles. The molecule has 1 aromatic carbocycles. The highest BCUT2D eigenvalue weighted by Gasteiger charge is 2.14. The first kappa shape index (κ1) is 14.3. The Bertz CT molecular complexity index is 584. The van der Waals surface area contributed by atoms with Crippen molar-refractivity contribution >= 4 is 38.9 Å².